The number of piperidine rings is 1. The predicted molar refractivity (Wildman–Crippen MR) is 104 cm³/mol. The van der Waals surface area contributed by atoms with Gasteiger partial charge in [-0.2, -0.15) is 0 Å². The maximum absolute atomic E-state index is 14.0. The van der Waals surface area contributed by atoms with Gasteiger partial charge in [-0.25, -0.2) is 4.39 Å². The molecule has 0 aromatic heterocycles. The molecular weight excluding hydrogens is 389 g/mol. The number of carbonyl (C=O) groups is 4. The highest BCUT2D eigenvalue weighted by Crippen LogP contribution is 2.33. The Morgan fingerprint density at radius 3 is 2.73 bits per heavy atom. The second kappa shape index (κ2) is 6.76. The number of hydrogen-bond acceptors (Lipinski definition) is 4. The van der Waals surface area contributed by atoms with Crippen LogP contribution in [-0.4, -0.2) is 41.1 Å². The second-order valence-corrected chi connectivity index (χ2v) is 7.72. The number of anilines is 1. The van der Waals surface area contributed by atoms with Crippen LogP contribution in [0, 0.1) is 5.82 Å². The molecule has 1 saturated heterocycles. The highest BCUT2D eigenvalue weighted by atomic mass is 19.1. The number of nitrogens with one attached hydrogen (secondary N) is 1. The monoisotopic (exact) mass is 407 g/mol. The second-order valence-electron chi connectivity index (χ2n) is 7.72. The highest BCUT2D eigenvalue weighted by molar-refractivity contribution is 6.09. The van der Waals surface area contributed by atoms with Gasteiger partial charge in [0.05, 0.1) is 5.69 Å². The van der Waals surface area contributed by atoms with Crippen LogP contribution in [0.4, 0.5) is 10.1 Å². The van der Waals surface area contributed by atoms with Crippen molar-refractivity contribution in [3.05, 3.63) is 64.5 Å². The van der Waals surface area contributed by atoms with Gasteiger partial charge in [0.2, 0.25) is 11.8 Å². The number of benzene rings is 2. The topological polar surface area (TPSA) is 86.8 Å². The third kappa shape index (κ3) is 2.79. The fourth-order valence-electron chi connectivity index (χ4n) is 4.47. The summed E-state index contributed by atoms with van der Waals surface area (Å²) in [5.74, 6) is -1.67. The van der Waals surface area contributed by atoms with Gasteiger partial charge in [0.1, 0.15) is 11.9 Å². The number of hydrogen-bond donors (Lipinski definition) is 1. The van der Waals surface area contributed by atoms with Gasteiger partial charge in [-0.1, -0.05) is 6.07 Å². The lowest BCUT2D eigenvalue weighted by atomic mass is 10.0. The fraction of sp³-hybridized carbons (Fsp3) is 0.273. The molecule has 8 heteroatoms. The van der Waals surface area contributed by atoms with Crippen LogP contribution in [0.15, 0.2) is 36.4 Å². The summed E-state index contributed by atoms with van der Waals surface area (Å²) in [7, 11) is 0. The molecule has 3 aliphatic rings. The summed E-state index contributed by atoms with van der Waals surface area (Å²) in [5.41, 5.74) is 2.62. The van der Waals surface area contributed by atoms with E-state index in [9.17, 15) is 23.6 Å². The zero-order valence-electron chi connectivity index (χ0n) is 16.0. The molecule has 1 N–H and O–H groups in total. The molecule has 1 atom stereocenters. The van der Waals surface area contributed by atoms with Gasteiger partial charge in [-0.3, -0.25) is 24.5 Å². The summed E-state index contributed by atoms with van der Waals surface area (Å²) in [6.07, 6.45) is 0.929. The summed E-state index contributed by atoms with van der Waals surface area (Å²) in [6.45, 7) is 0.598. The Hall–Kier alpha value is -3.55. The largest absolute Gasteiger partial charge is 0.322 e. The molecule has 30 heavy (non-hydrogen) atoms. The fourth-order valence-corrected chi connectivity index (χ4v) is 4.47. The maximum atomic E-state index is 14.0. The lowest BCUT2D eigenvalue weighted by molar-refractivity contribution is -0.136. The van der Waals surface area contributed by atoms with E-state index in [-0.39, 0.29) is 42.9 Å². The van der Waals surface area contributed by atoms with Gasteiger partial charge in [0.25, 0.3) is 11.8 Å². The predicted octanol–water partition coefficient (Wildman–Crippen LogP) is 1.79. The number of halogens is 1. The van der Waals surface area contributed by atoms with Crippen LogP contribution in [0.1, 0.15) is 44.7 Å². The van der Waals surface area contributed by atoms with Crippen molar-refractivity contribution >= 4 is 29.3 Å². The van der Waals surface area contributed by atoms with Crippen LogP contribution in [0.3, 0.4) is 0 Å². The minimum Gasteiger partial charge on any atom is -0.322 e. The Balaban J connectivity index is 1.40. The third-order valence-electron chi connectivity index (χ3n) is 5.99. The Morgan fingerprint density at radius 2 is 1.93 bits per heavy atom. The minimum atomic E-state index is -0.699. The Kier molecular flexibility index (Phi) is 4.16. The van der Waals surface area contributed by atoms with E-state index in [1.165, 1.54) is 11.0 Å². The van der Waals surface area contributed by atoms with Crippen molar-refractivity contribution in [1.82, 2.24) is 10.2 Å². The standard InChI is InChI=1S/C22H18FN3O4/c23-16-2-1-3-17-15(16)8-9-25(17)21(29)12-4-5-14-13(10-12)11-26(22(14)30)18-6-7-19(27)24-20(18)28/h1-5,10,18H,6-9,11H2,(H,24,27,28). The first-order valence-electron chi connectivity index (χ1n) is 9.81. The third-order valence-corrected chi connectivity index (χ3v) is 5.99. The van der Waals surface area contributed by atoms with Crippen molar-refractivity contribution in [2.75, 3.05) is 11.4 Å². The molecule has 0 aliphatic carbocycles. The van der Waals surface area contributed by atoms with Gasteiger partial charge < -0.3 is 9.80 Å². The normalized spacial score (nSPS) is 20.3. The summed E-state index contributed by atoms with van der Waals surface area (Å²) in [4.78, 5) is 52.4. The average molecular weight is 407 g/mol. The summed E-state index contributed by atoms with van der Waals surface area (Å²) in [5, 5.41) is 2.27. The van der Waals surface area contributed by atoms with Crippen LogP contribution >= 0.6 is 0 Å². The van der Waals surface area contributed by atoms with Crippen molar-refractivity contribution in [3.63, 3.8) is 0 Å². The van der Waals surface area contributed by atoms with E-state index < -0.39 is 11.9 Å². The van der Waals surface area contributed by atoms with Crippen LogP contribution in [0.2, 0.25) is 0 Å². The van der Waals surface area contributed by atoms with Crippen LogP contribution in [0.25, 0.3) is 0 Å². The van der Waals surface area contributed by atoms with Gasteiger partial charge >= 0.3 is 0 Å². The number of imide groups is 1. The molecule has 1 fully saturated rings. The van der Waals surface area contributed by atoms with E-state index in [4.69, 9.17) is 0 Å². The van der Waals surface area contributed by atoms with E-state index in [0.717, 1.165) is 0 Å². The molecule has 7 nitrogen and oxygen atoms in total. The number of nitrogens with zero attached hydrogens (tertiary/aromatic N) is 2. The SMILES string of the molecule is O=C1CCC(N2Cc3cc(C(=O)N4CCc5c(F)cccc54)ccc3C2=O)C(=O)N1. The first kappa shape index (κ1) is 18.5. The Labute approximate surface area is 171 Å². The molecule has 3 heterocycles. The average Bonchev–Trinajstić information content (AvgIpc) is 3.30. The van der Waals surface area contributed by atoms with Gasteiger partial charge in [-0.05, 0) is 48.7 Å². The molecule has 2 aromatic carbocycles. The van der Waals surface area contributed by atoms with Crippen molar-refractivity contribution in [1.29, 1.82) is 0 Å². The number of amides is 4. The first-order valence-corrected chi connectivity index (χ1v) is 9.81. The quantitative estimate of drug-likeness (QED) is 0.769. The van der Waals surface area contributed by atoms with Crippen LogP contribution < -0.4 is 10.2 Å². The number of fused-ring (bicyclic) bond motifs is 2. The molecule has 3 aliphatic heterocycles. The zero-order valence-corrected chi connectivity index (χ0v) is 16.0. The smallest absolute Gasteiger partial charge is 0.258 e. The van der Waals surface area contributed by atoms with Gasteiger partial charge in [0.15, 0.2) is 0 Å². The van der Waals surface area contributed by atoms with Crippen molar-refractivity contribution < 1.29 is 23.6 Å². The molecule has 4 amide bonds. The van der Waals surface area contributed by atoms with E-state index in [1.54, 1.807) is 35.2 Å². The molecule has 152 valence electrons. The molecule has 0 radical (unpaired) electrons. The lowest BCUT2D eigenvalue weighted by Crippen LogP contribution is -2.52. The molecular formula is C22H18FN3O4. The minimum absolute atomic E-state index is 0.186. The number of carbonyl (C=O) groups excluding carboxylic acids is 4. The molecule has 1 unspecified atom stereocenters. The van der Waals surface area contributed by atoms with Crippen molar-refractivity contribution in [2.45, 2.75) is 31.8 Å². The number of rotatable bonds is 2. The maximum Gasteiger partial charge on any atom is 0.258 e. The zero-order chi connectivity index (χ0) is 21.0. The summed E-state index contributed by atoms with van der Waals surface area (Å²) < 4.78 is 14.0. The van der Waals surface area contributed by atoms with Gasteiger partial charge in [0, 0.05) is 36.2 Å². The van der Waals surface area contributed by atoms with E-state index in [0.29, 0.717) is 40.9 Å². The highest BCUT2D eigenvalue weighted by Gasteiger charge is 2.39. The van der Waals surface area contributed by atoms with E-state index in [1.807, 2.05) is 0 Å². The molecule has 5 rings (SSSR count). The Bertz CT molecular complexity index is 1130. The lowest BCUT2D eigenvalue weighted by Gasteiger charge is -2.29. The molecule has 0 bridgehead atoms. The Morgan fingerprint density at radius 1 is 1.10 bits per heavy atom. The van der Waals surface area contributed by atoms with Gasteiger partial charge in [-0.15, -0.1) is 0 Å². The molecule has 0 spiro atoms. The van der Waals surface area contributed by atoms with Crippen molar-refractivity contribution in [3.8, 4) is 0 Å². The van der Waals surface area contributed by atoms with Crippen molar-refractivity contribution in [2.24, 2.45) is 0 Å². The van der Waals surface area contributed by atoms with Crippen LogP contribution in [0.5, 0.6) is 0 Å². The first-order chi connectivity index (χ1) is 14.4. The molecule has 0 saturated carbocycles. The summed E-state index contributed by atoms with van der Waals surface area (Å²) in [6, 6.07) is 8.85. The van der Waals surface area contributed by atoms with E-state index in [2.05, 4.69) is 5.32 Å². The van der Waals surface area contributed by atoms with E-state index >= 15 is 0 Å². The molecule has 2 aromatic rings. The summed E-state index contributed by atoms with van der Waals surface area (Å²) >= 11 is 0. The van der Waals surface area contributed by atoms with Crippen LogP contribution in [-0.2, 0) is 22.6 Å².